The first-order chi connectivity index (χ1) is 10.1. The van der Waals surface area contributed by atoms with Gasteiger partial charge in [-0.05, 0) is 19.1 Å². The topological polar surface area (TPSA) is 53.1 Å². The van der Waals surface area contributed by atoms with Gasteiger partial charge < -0.3 is 14.5 Å². The van der Waals surface area contributed by atoms with E-state index < -0.39 is 0 Å². The Morgan fingerprint density at radius 1 is 1.10 bits per heavy atom. The van der Waals surface area contributed by atoms with Crippen LogP contribution in [0.3, 0.4) is 0 Å². The number of hydrogen-bond donors (Lipinski definition) is 0. The molecule has 1 aliphatic rings. The standard InChI is InChI=1S/C15H21N3O3/c1-3-21-15(20)18-11-9-17(10-12-18)14(19)16(2)13-7-5-4-6-8-13/h4-8H,3,9-12H2,1-2H3. The smallest absolute Gasteiger partial charge is 0.409 e. The van der Waals surface area contributed by atoms with Gasteiger partial charge in [0.05, 0.1) is 6.61 Å². The molecule has 0 atom stereocenters. The van der Waals surface area contributed by atoms with Crippen LogP contribution >= 0.6 is 0 Å². The number of ether oxygens (including phenoxy) is 1. The molecule has 0 bridgehead atoms. The van der Waals surface area contributed by atoms with Crippen molar-refractivity contribution in [1.82, 2.24) is 9.80 Å². The van der Waals surface area contributed by atoms with Crippen molar-refractivity contribution in [3.05, 3.63) is 30.3 Å². The number of benzene rings is 1. The summed E-state index contributed by atoms with van der Waals surface area (Å²) in [6.45, 7) is 4.21. The van der Waals surface area contributed by atoms with Gasteiger partial charge in [-0.3, -0.25) is 4.90 Å². The van der Waals surface area contributed by atoms with Crippen LogP contribution in [0.1, 0.15) is 6.92 Å². The van der Waals surface area contributed by atoms with Crippen LogP contribution in [0.5, 0.6) is 0 Å². The van der Waals surface area contributed by atoms with Gasteiger partial charge in [0.25, 0.3) is 0 Å². The highest BCUT2D eigenvalue weighted by Gasteiger charge is 2.26. The van der Waals surface area contributed by atoms with Crippen LogP contribution in [0, 0.1) is 0 Å². The number of carbonyl (C=O) groups excluding carboxylic acids is 2. The van der Waals surface area contributed by atoms with E-state index in [4.69, 9.17) is 4.74 Å². The predicted octanol–water partition coefficient (Wildman–Crippen LogP) is 2.02. The number of nitrogens with zero attached hydrogens (tertiary/aromatic N) is 3. The summed E-state index contributed by atoms with van der Waals surface area (Å²) < 4.78 is 4.97. The Hall–Kier alpha value is -2.24. The quantitative estimate of drug-likeness (QED) is 0.837. The summed E-state index contributed by atoms with van der Waals surface area (Å²) >= 11 is 0. The second-order valence-corrected chi connectivity index (χ2v) is 4.85. The maximum Gasteiger partial charge on any atom is 0.409 e. The molecule has 1 aliphatic heterocycles. The fraction of sp³-hybridized carbons (Fsp3) is 0.467. The highest BCUT2D eigenvalue weighted by Crippen LogP contribution is 2.14. The Morgan fingerprint density at radius 3 is 2.24 bits per heavy atom. The van der Waals surface area contributed by atoms with E-state index in [0.717, 1.165) is 5.69 Å². The summed E-state index contributed by atoms with van der Waals surface area (Å²) in [5.74, 6) is 0. The number of piperazine rings is 1. The highest BCUT2D eigenvalue weighted by molar-refractivity contribution is 5.91. The number of carbonyl (C=O) groups is 2. The van der Waals surface area contributed by atoms with Crippen molar-refractivity contribution in [1.29, 1.82) is 0 Å². The third-order valence-corrected chi connectivity index (χ3v) is 3.51. The van der Waals surface area contributed by atoms with E-state index in [9.17, 15) is 9.59 Å². The molecule has 6 nitrogen and oxygen atoms in total. The van der Waals surface area contributed by atoms with Gasteiger partial charge in [0.15, 0.2) is 0 Å². The zero-order chi connectivity index (χ0) is 15.2. The van der Waals surface area contributed by atoms with E-state index in [1.165, 1.54) is 0 Å². The van der Waals surface area contributed by atoms with Gasteiger partial charge in [0.2, 0.25) is 0 Å². The summed E-state index contributed by atoms with van der Waals surface area (Å²) in [6.07, 6.45) is -0.305. The third kappa shape index (κ3) is 3.65. The van der Waals surface area contributed by atoms with E-state index in [1.807, 2.05) is 30.3 Å². The minimum Gasteiger partial charge on any atom is -0.450 e. The molecule has 0 unspecified atom stereocenters. The molecule has 1 heterocycles. The van der Waals surface area contributed by atoms with E-state index in [0.29, 0.717) is 32.8 Å². The number of anilines is 1. The van der Waals surface area contributed by atoms with Gasteiger partial charge >= 0.3 is 12.1 Å². The Kier molecular flexibility index (Phi) is 5.03. The first-order valence-electron chi connectivity index (χ1n) is 7.13. The van der Waals surface area contributed by atoms with Gasteiger partial charge in [-0.25, -0.2) is 9.59 Å². The zero-order valence-electron chi connectivity index (χ0n) is 12.5. The number of hydrogen-bond acceptors (Lipinski definition) is 3. The third-order valence-electron chi connectivity index (χ3n) is 3.51. The SMILES string of the molecule is CCOC(=O)N1CCN(C(=O)N(C)c2ccccc2)CC1. The van der Waals surface area contributed by atoms with Crippen LogP contribution in [-0.4, -0.2) is 61.8 Å². The number of para-hydroxylation sites is 1. The van der Waals surface area contributed by atoms with Crippen LogP contribution < -0.4 is 4.90 Å². The summed E-state index contributed by atoms with van der Waals surface area (Å²) in [4.78, 5) is 29.1. The zero-order valence-corrected chi connectivity index (χ0v) is 12.5. The first kappa shape index (κ1) is 15.2. The van der Waals surface area contributed by atoms with Crippen LogP contribution in [0.4, 0.5) is 15.3 Å². The molecule has 1 fully saturated rings. The van der Waals surface area contributed by atoms with Gasteiger partial charge in [0.1, 0.15) is 0 Å². The summed E-state index contributed by atoms with van der Waals surface area (Å²) in [5.41, 5.74) is 0.857. The minimum atomic E-state index is -0.305. The Morgan fingerprint density at radius 2 is 1.67 bits per heavy atom. The van der Waals surface area contributed by atoms with E-state index >= 15 is 0 Å². The lowest BCUT2D eigenvalue weighted by atomic mass is 10.3. The molecular formula is C15H21N3O3. The maximum atomic E-state index is 12.4. The second kappa shape index (κ2) is 6.97. The van der Waals surface area contributed by atoms with Crippen molar-refractivity contribution >= 4 is 17.8 Å². The lowest BCUT2D eigenvalue weighted by Gasteiger charge is -2.36. The molecule has 0 saturated carbocycles. The Bertz CT molecular complexity index is 484. The van der Waals surface area contributed by atoms with Crippen molar-refractivity contribution in [3.63, 3.8) is 0 Å². The summed E-state index contributed by atoms with van der Waals surface area (Å²) in [5, 5.41) is 0. The van der Waals surface area contributed by atoms with Crippen LogP contribution in [0.25, 0.3) is 0 Å². The van der Waals surface area contributed by atoms with Crippen molar-refractivity contribution < 1.29 is 14.3 Å². The lowest BCUT2D eigenvalue weighted by molar-refractivity contribution is 0.0862. The summed E-state index contributed by atoms with van der Waals surface area (Å²) in [6, 6.07) is 9.46. The van der Waals surface area contributed by atoms with E-state index in [-0.39, 0.29) is 12.1 Å². The number of urea groups is 1. The molecule has 0 aliphatic carbocycles. The van der Waals surface area contributed by atoms with Crippen molar-refractivity contribution in [2.45, 2.75) is 6.92 Å². The second-order valence-electron chi connectivity index (χ2n) is 4.85. The molecule has 2 rings (SSSR count). The van der Waals surface area contributed by atoms with Crippen LogP contribution in [0.2, 0.25) is 0 Å². The maximum absolute atomic E-state index is 12.4. The molecule has 0 spiro atoms. The number of amides is 3. The lowest BCUT2D eigenvalue weighted by Crippen LogP contribution is -2.53. The van der Waals surface area contributed by atoms with Crippen molar-refractivity contribution in [3.8, 4) is 0 Å². The van der Waals surface area contributed by atoms with Crippen molar-refractivity contribution in [2.75, 3.05) is 44.7 Å². The first-order valence-corrected chi connectivity index (χ1v) is 7.13. The fourth-order valence-electron chi connectivity index (χ4n) is 2.27. The molecular weight excluding hydrogens is 270 g/mol. The molecule has 1 aromatic rings. The highest BCUT2D eigenvalue weighted by atomic mass is 16.6. The molecule has 6 heteroatoms. The van der Waals surface area contributed by atoms with Gasteiger partial charge in [-0.1, -0.05) is 18.2 Å². The molecule has 3 amide bonds. The molecule has 1 saturated heterocycles. The van der Waals surface area contributed by atoms with E-state index in [1.54, 1.807) is 28.7 Å². The van der Waals surface area contributed by atoms with Gasteiger partial charge in [0, 0.05) is 38.9 Å². The normalized spacial score (nSPS) is 14.8. The Balaban J connectivity index is 1.90. The molecule has 114 valence electrons. The molecule has 0 N–H and O–H groups in total. The average Bonchev–Trinajstić information content (AvgIpc) is 2.54. The minimum absolute atomic E-state index is 0.0512. The van der Waals surface area contributed by atoms with Crippen molar-refractivity contribution in [2.24, 2.45) is 0 Å². The van der Waals surface area contributed by atoms with Crippen LogP contribution in [-0.2, 0) is 4.74 Å². The molecule has 0 aromatic heterocycles. The summed E-state index contributed by atoms with van der Waals surface area (Å²) in [7, 11) is 1.76. The average molecular weight is 291 g/mol. The van der Waals surface area contributed by atoms with Crippen LogP contribution in [0.15, 0.2) is 30.3 Å². The monoisotopic (exact) mass is 291 g/mol. The fourth-order valence-corrected chi connectivity index (χ4v) is 2.27. The predicted molar refractivity (Wildman–Crippen MR) is 80.4 cm³/mol. The van der Waals surface area contributed by atoms with Gasteiger partial charge in [-0.2, -0.15) is 0 Å². The Labute approximate surface area is 124 Å². The molecule has 21 heavy (non-hydrogen) atoms. The molecule has 1 aromatic carbocycles. The molecule has 0 radical (unpaired) electrons. The largest absolute Gasteiger partial charge is 0.450 e. The van der Waals surface area contributed by atoms with E-state index in [2.05, 4.69) is 0 Å². The van der Waals surface area contributed by atoms with Gasteiger partial charge in [-0.15, -0.1) is 0 Å². The number of rotatable bonds is 2.